The highest BCUT2D eigenvalue weighted by Gasteiger charge is 2.15. The summed E-state index contributed by atoms with van der Waals surface area (Å²) in [6, 6.07) is 8.44. The van der Waals surface area contributed by atoms with E-state index in [1.54, 1.807) is 0 Å². The number of rotatable bonds is 0. The lowest BCUT2D eigenvalue weighted by atomic mass is 10.0. The van der Waals surface area contributed by atoms with Gasteiger partial charge in [0.05, 0.1) is 0 Å². The van der Waals surface area contributed by atoms with E-state index in [2.05, 4.69) is 46.4 Å². The van der Waals surface area contributed by atoms with Gasteiger partial charge < -0.3 is 4.90 Å². The molecule has 68 valence electrons. The molecular formula is C12H10N2. The van der Waals surface area contributed by atoms with Crippen LogP contribution in [-0.2, 0) is 6.54 Å². The molecule has 0 spiro atoms. The average Bonchev–Trinajstić information content (AvgIpc) is 2.26. The van der Waals surface area contributed by atoms with Crippen LogP contribution in [0.25, 0.3) is 6.08 Å². The largest absolute Gasteiger partial charge is 0.329 e. The molecular weight excluding hydrogens is 172 g/mol. The Labute approximate surface area is 82.9 Å². The van der Waals surface area contributed by atoms with Crippen molar-refractivity contribution in [3.05, 3.63) is 53.5 Å². The maximum Gasteiger partial charge on any atom is 0.133 e. The highest BCUT2D eigenvalue weighted by atomic mass is 15.2. The third-order valence-electron chi connectivity index (χ3n) is 2.53. The molecule has 0 fully saturated rings. The molecule has 0 N–H and O–H groups in total. The highest BCUT2D eigenvalue weighted by Crippen LogP contribution is 2.26. The molecule has 2 heteroatoms. The molecule has 2 aliphatic rings. The Kier molecular flexibility index (Phi) is 1.53. The fourth-order valence-corrected chi connectivity index (χ4v) is 1.81. The van der Waals surface area contributed by atoms with Gasteiger partial charge in [0.15, 0.2) is 0 Å². The van der Waals surface area contributed by atoms with E-state index in [-0.39, 0.29) is 0 Å². The maximum atomic E-state index is 4.33. The number of nitrogens with zero attached hydrogens (tertiary/aromatic N) is 2. The van der Waals surface area contributed by atoms with Gasteiger partial charge in [-0.1, -0.05) is 24.3 Å². The SMILES string of the molecule is C1=CN2Cc3ccccc3C=C2N=C1. The molecule has 1 aromatic carbocycles. The molecule has 0 unspecified atom stereocenters. The second kappa shape index (κ2) is 2.84. The van der Waals surface area contributed by atoms with Crippen molar-refractivity contribution in [3.63, 3.8) is 0 Å². The second-order valence-electron chi connectivity index (χ2n) is 3.45. The summed E-state index contributed by atoms with van der Waals surface area (Å²) in [7, 11) is 0. The number of hydrogen-bond donors (Lipinski definition) is 0. The van der Waals surface area contributed by atoms with E-state index < -0.39 is 0 Å². The molecule has 1 aromatic rings. The van der Waals surface area contributed by atoms with Crippen LogP contribution in [0.4, 0.5) is 0 Å². The molecule has 0 aromatic heterocycles. The summed E-state index contributed by atoms with van der Waals surface area (Å²) in [5, 5.41) is 0. The zero-order chi connectivity index (χ0) is 9.38. The maximum absolute atomic E-state index is 4.33. The number of aliphatic imine (C=N–C) groups is 1. The Morgan fingerprint density at radius 1 is 1.21 bits per heavy atom. The van der Waals surface area contributed by atoms with E-state index in [0.717, 1.165) is 12.4 Å². The third-order valence-corrected chi connectivity index (χ3v) is 2.53. The molecule has 0 bridgehead atoms. The smallest absolute Gasteiger partial charge is 0.133 e. The molecule has 2 aliphatic heterocycles. The lowest BCUT2D eigenvalue weighted by Crippen LogP contribution is -2.20. The predicted octanol–water partition coefficient (Wildman–Crippen LogP) is 2.40. The summed E-state index contributed by atoms with van der Waals surface area (Å²) in [5.41, 5.74) is 2.64. The van der Waals surface area contributed by atoms with Gasteiger partial charge in [0, 0.05) is 19.0 Å². The minimum absolute atomic E-state index is 0.926. The van der Waals surface area contributed by atoms with E-state index in [0.29, 0.717) is 0 Å². The van der Waals surface area contributed by atoms with E-state index in [1.165, 1.54) is 11.1 Å². The van der Waals surface area contributed by atoms with Gasteiger partial charge in [0.1, 0.15) is 5.82 Å². The molecule has 14 heavy (non-hydrogen) atoms. The quantitative estimate of drug-likeness (QED) is 0.601. The normalized spacial score (nSPS) is 17.4. The monoisotopic (exact) mass is 182 g/mol. The van der Waals surface area contributed by atoms with Crippen LogP contribution in [0, 0.1) is 0 Å². The van der Waals surface area contributed by atoms with Gasteiger partial charge in [-0.15, -0.1) is 0 Å². The van der Waals surface area contributed by atoms with Gasteiger partial charge in [0.2, 0.25) is 0 Å². The predicted molar refractivity (Wildman–Crippen MR) is 57.6 cm³/mol. The van der Waals surface area contributed by atoms with Crippen LogP contribution in [0.2, 0.25) is 0 Å². The van der Waals surface area contributed by atoms with E-state index in [4.69, 9.17) is 0 Å². The second-order valence-corrected chi connectivity index (χ2v) is 3.45. The van der Waals surface area contributed by atoms with Gasteiger partial charge in [-0.2, -0.15) is 0 Å². The molecule has 0 saturated heterocycles. The zero-order valence-corrected chi connectivity index (χ0v) is 7.72. The van der Waals surface area contributed by atoms with Gasteiger partial charge in [-0.25, -0.2) is 4.99 Å². The standard InChI is InChI=1S/C12H10N2/c1-2-5-11-9-14-7-3-6-13-12(14)8-10(11)4-1/h1-8H,9H2. The molecule has 0 amide bonds. The lowest BCUT2D eigenvalue weighted by molar-refractivity contribution is 0.449. The summed E-state index contributed by atoms with van der Waals surface area (Å²) in [5.74, 6) is 1.03. The minimum Gasteiger partial charge on any atom is -0.329 e. The van der Waals surface area contributed by atoms with E-state index in [1.807, 2.05) is 12.3 Å². The van der Waals surface area contributed by atoms with Gasteiger partial charge in [0.25, 0.3) is 0 Å². The Bertz CT molecular complexity index is 455. The Balaban J connectivity index is 2.13. The molecule has 0 aliphatic carbocycles. The van der Waals surface area contributed by atoms with E-state index in [9.17, 15) is 0 Å². The van der Waals surface area contributed by atoms with Crippen LogP contribution in [0.3, 0.4) is 0 Å². The fourth-order valence-electron chi connectivity index (χ4n) is 1.81. The van der Waals surface area contributed by atoms with Crippen molar-refractivity contribution in [3.8, 4) is 0 Å². The van der Waals surface area contributed by atoms with Crippen LogP contribution >= 0.6 is 0 Å². The summed E-state index contributed by atoms with van der Waals surface area (Å²) in [6.45, 7) is 0.926. The number of benzene rings is 1. The van der Waals surface area contributed by atoms with Crippen LogP contribution in [0.5, 0.6) is 0 Å². The van der Waals surface area contributed by atoms with Crippen LogP contribution < -0.4 is 0 Å². The molecule has 2 heterocycles. The first-order valence-electron chi connectivity index (χ1n) is 4.70. The Morgan fingerprint density at radius 3 is 3.14 bits per heavy atom. The molecule has 0 saturated carbocycles. The fraction of sp³-hybridized carbons (Fsp3) is 0.0833. The van der Waals surface area contributed by atoms with Crippen molar-refractivity contribution in [2.45, 2.75) is 6.54 Å². The van der Waals surface area contributed by atoms with Crippen LogP contribution in [0.15, 0.2) is 47.4 Å². The number of hydrogen-bond acceptors (Lipinski definition) is 2. The summed E-state index contributed by atoms with van der Waals surface area (Å²) in [6.07, 6.45) is 7.98. The van der Waals surface area contributed by atoms with Crippen molar-refractivity contribution >= 4 is 12.3 Å². The molecule has 2 nitrogen and oxygen atoms in total. The molecule has 3 rings (SSSR count). The van der Waals surface area contributed by atoms with Crippen molar-refractivity contribution in [1.29, 1.82) is 0 Å². The highest BCUT2D eigenvalue weighted by molar-refractivity contribution is 5.75. The van der Waals surface area contributed by atoms with Crippen molar-refractivity contribution < 1.29 is 0 Å². The van der Waals surface area contributed by atoms with Crippen molar-refractivity contribution in [2.24, 2.45) is 4.99 Å². The van der Waals surface area contributed by atoms with Gasteiger partial charge in [-0.3, -0.25) is 0 Å². The first-order chi connectivity index (χ1) is 6.93. The zero-order valence-electron chi connectivity index (χ0n) is 7.72. The van der Waals surface area contributed by atoms with E-state index >= 15 is 0 Å². The van der Waals surface area contributed by atoms with Crippen molar-refractivity contribution in [2.75, 3.05) is 0 Å². The number of fused-ring (bicyclic) bond motifs is 2. The summed E-state index contributed by atoms with van der Waals surface area (Å²) >= 11 is 0. The third kappa shape index (κ3) is 1.08. The summed E-state index contributed by atoms with van der Waals surface area (Å²) < 4.78 is 0. The van der Waals surface area contributed by atoms with Gasteiger partial charge >= 0.3 is 0 Å². The Hall–Kier alpha value is -1.83. The molecule has 0 atom stereocenters. The van der Waals surface area contributed by atoms with Gasteiger partial charge in [-0.05, 0) is 23.3 Å². The Morgan fingerprint density at radius 2 is 2.14 bits per heavy atom. The first-order valence-corrected chi connectivity index (χ1v) is 4.70. The van der Waals surface area contributed by atoms with Crippen LogP contribution in [-0.4, -0.2) is 11.1 Å². The van der Waals surface area contributed by atoms with Crippen LogP contribution in [0.1, 0.15) is 11.1 Å². The average molecular weight is 182 g/mol. The first kappa shape index (κ1) is 7.56. The number of allylic oxidation sites excluding steroid dienone is 1. The minimum atomic E-state index is 0.926. The topological polar surface area (TPSA) is 15.6 Å². The molecule has 0 radical (unpaired) electrons. The van der Waals surface area contributed by atoms with Crippen molar-refractivity contribution in [1.82, 2.24) is 4.90 Å². The lowest BCUT2D eigenvalue weighted by Gasteiger charge is -2.27. The summed E-state index contributed by atoms with van der Waals surface area (Å²) in [4.78, 5) is 6.48.